The Balaban J connectivity index is 2.65. The predicted octanol–water partition coefficient (Wildman–Crippen LogP) is 2.26. The molecule has 1 rings (SSSR count). The van der Waals surface area contributed by atoms with E-state index in [1.165, 1.54) is 0 Å². The van der Waals surface area contributed by atoms with Gasteiger partial charge in [-0.1, -0.05) is 22.9 Å². The van der Waals surface area contributed by atoms with Crippen LogP contribution in [-0.2, 0) is 11.2 Å². The van der Waals surface area contributed by atoms with Crippen LogP contribution in [0.3, 0.4) is 0 Å². The van der Waals surface area contributed by atoms with Crippen LogP contribution in [0.4, 0.5) is 0 Å². The maximum absolute atomic E-state index is 5.55. The fourth-order valence-electron chi connectivity index (χ4n) is 1.71. The minimum absolute atomic E-state index is 0.0831. The highest BCUT2D eigenvalue weighted by molar-refractivity contribution is 9.10. The highest BCUT2D eigenvalue weighted by atomic mass is 79.9. The van der Waals surface area contributed by atoms with Crippen LogP contribution >= 0.6 is 15.9 Å². The minimum atomic E-state index is 0.0831. The molecule has 0 bridgehead atoms. The minimum Gasteiger partial charge on any atom is -0.496 e. The Bertz CT molecular complexity index is 361. The Morgan fingerprint density at radius 1 is 1.44 bits per heavy atom. The zero-order valence-corrected chi connectivity index (χ0v) is 12.5. The summed E-state index contributed by atoms with van der Waals surface area (Å²) in [6, 6.07) is 6.03. The van der Waals surface area contributed by atoms with Gasteiger partial charge >= 0.3 is 0 Å². The third-order valence-electron chi connectivity index (χ3n) is 2.61. The summed E-state index contributed by atoms with van der Waals surface area (Å²) in [5.74, 6) is 6.42. The smallest absolute Gasteiger partial charge is 0.122 e. The highest BCUT2D eigenvalue weighted by Gasteiger charge is 2.12. The molecule has 0 aliphatic carbocycles. The Morgan fingerprint density at radius 2 is 2.22 bits per heavy atom. The van der Waals surface area contributed by atoms with Crippen molar-refractivity contribution in [2.75, 3.05) is 20.3 Å². The van der Waals surface area contributed by atoms with Crippen molar-refractivity contribution in [3.8, 4) is 5.75 Å². The summed E-state index contributed by atoms with van der Waals surface area (Å²) in [5, 5.41) is 0. The fraction of sp³-hybridized carbons (Fsp3) is 0.538. The van der Waals surface area contributed by atoms with E-state index in [0.29, 0.717) is 6.61 Å². The lowest BCUT2D eigenvalue weighted by Gasteiger charge is -2.17. The van der Waals surface area contributed by atoms with E-state index in [1.807, 2.05) is 18.2 Å². The number of hydrogen-bond acceptors (Lipinski definition) is 4. The SMILES string of the molecule is CCCOCC(Cc1cc(Br)ccc1OC)NN. The Kier molecular flexibility index (Phi) is 7.27. The van der Waals surface area contributed by atoms with Crippen LogP contribution in [-0.4, -0.2) is 26.4 Å². The van der Waals surface area contributed by atoms with Crippen molar-refractivity contribution in [3.63, 3.8) is 0 Å². The van der Waals surface area contributed by atoms with Crippen LogP contribution in [0, 0.1) is 0 Å². The highest BCUT2D eigenvalue weighted by Crippen LogP contribution is 2.24. The second-order valence-corrected chi connectivity index (χ2v) is 5.01. The van der Waals surface area contributed by atoms with Gasteiger partial charge in [0.1, 0.15) is 5.75 Å². The van der Waals surface area contributed by atoms with E-state index >= 15 is 0 Å². The molecular weight excluding hydrogens is 296 g/mol. The Labute approximate surface area is 117 Å². The fourth-order valence-corrected chi connectivity index (χ4v) is 2.12. The van der Waals surface area contributed by atoms with Crippen molar-refractivity contribution in [2.24, 2.45) is 5.84 Å². The van der Waals surface area contributed by atoms with Gasteiger partial charge in [-0.15, -0.1) is 0 Å². The van der Waals surface area contributed by atoms with Gasteiger partial charge in [0.2, 0.25) is 0 Å². The summed E-state index contributed by atoms with van der Waals surface area (Å²) in [4.78, 5) is 0. The molecule has 0 aromatic heterocycles. The third kappa shape index (κ3) is 4.94. The van der Waals surface area contributed by atoms with Crippen molar-refractivity contribution in [1.82, 2.24) is 5.43 Å². The molecule has 0 aliphatic heterocycles. The normalized spacial score (nSPS) is 12.4. The van der Waals surface area contributed by atoms with Gasteiger partial charge in [-0.3, -0.25) is 11.3 Å². The van der Waals surface area contributed by atoms with Crippen molar-refractivity contribution < 1.29 is 9.47 Å². The molecule has 1 aromatic rings. The predicted molar refractivity (Wildman–Crippen MR) is 76.6 cm³/mol. The van der Waals surface area contributed by atoms with Gasteiger partial charge < -0.3 is 9.47 Å². The first-order chi connectivity index (χ1) is 8.71. The van der Waals surface area contributed by atoms with Crippen molar-refractivity contribution >= 4 is 15.9 Å². The molecule has 0 amide bonds. The second kappa shape index (κ2) is 8.48. The van der Waals surface area contributed by atoms with Gasteiger partial charge in [0.05, 0.1) is 13.7 Å². The molecule has 0 saturated carbocycles. The molecule has 0 radical (unpaired) electrons. The molecule has 0 spiro atoms. The summed E-state index contributed by atoms with van der Waals surface area (Å²) in [5.41, 5.74) is 3.89. The molecule has 4 nitrogen and oxygen atoms in total. The summed E-state index contributed by atoms with van der Waals surface area (Å²) in [6.45, 7) is 3.44. The van der Waals surface area contributed by atoms with Gasteiger partial charge in [-0.25, -0.2) is 0 Å². The summed E-state index contributed by atoms with van der Waals surface area (Å²) in [7, 11) is 1.67. The number of methoxy groups -OCH3 is 1. The average molecular weight is 317 g/mol. The van der Waals surface area contributed by atoms with Crippen LogP contribution < -0.4 is 16.0 Å². The molecule has 0 aliphatic rings. The number of halogens is 1. The molecule has 1 unspecified atom stereocenters. The van der Waals surface area contributed by atoms with E-state index in [0.717, 1.165) is 35.2 Å². The third-order valence-corrected chi connectivity index (χ3v) is 3.11. The van der Waals surface area contributed by atoms with Gasteiger partial charge in [0.25, 0.3) is 0 Å². The first kappa shape index (κ1) is 15.4. The lowest BCUT2D eigenvalue weighted by Crippen LogP contribution is -2.40. The number of hydrogen-bond donors (Lipinski definition) is 2. The molecule has 102 valence electrons. The number of hydrazine groups is 1. The average Bonchev–Trinajstić information content (AvgIpc) is 2.38. The number of benzene rings is 1. The zero-order chi connectivity index (χ0) is 13.4. The zero-order valence-electron chi connectivity index (χ0n) is 10.9. The Hall–Kier alpha value is -0.620. The monoisotopic (exact) mass is 316 g/mol. The maximum Gasteiger partial charge on any atom is 0.122 e. The van der Waals surface area contributed by atoms with Crippen LogP contribution in [0.1, 0.15) is 18.9 Å². The van der Waals surface area contributed by atoms with Gasteiger partial charge in [-0.2, -0.15) is 0 Å². The number of rotatable bonds is 8. The summed E-state index contributed by atoms with van der Waals surface area (Å²) >= 11 is 3.46. The van der Waals surface area contributed by atoms with E-state index in [4.69, 9.17) is 15.3 Å². The number of ether oxygens (including phenoxy) is 2. The Morgan fingerprint density at radius 3 is 2.83 bits per heavy atom. The van der Waals surface area contributed by atoms with Gasteiger partial charge in [-0.05, 0) is 36.6 Å². The number of nitrogens with one attached hydrogen (secondary N) is 1. The molecule has 18 heavy (non-hydrogen) atoms. The maximum atomic E-state index is 5.55. The quantitative estimate of drug-likeness (QED) is 0.439. The molecule has 1 aromatic carbocycles. The largest absolute Gasteiger partial charge is 0.496 e. The second-order valence-electron chi connectivity index (χ2n) is 4.10. The van der Waals surface area contributed by atoms with E-state index in [-0.39, 0.29) is 6.04 Å². The standard InChI is InChI=1S/C13H21BrN2O2/c1-3-6-18-9-12(16-15)8-10-7-11(14)4-5-13(10)17-2/h4-5,7,12,16H,3,6,8-9,15H2,1-2H3. The summed E-state index contributed by atoms with van der Waals surface area (Å²) in [6.07, 6.45) is 1.78. The molecule has 5 heteroatoms. The first-order valence-electron chi connectivity index (χ1n) is 6.07. The van der Waals surface area contributed by atoms with Gasteiger partial charge in [0, 0.05) is 17.1 Å². The molecule has 3 N–H and O–H groups in total. The van der Waals surface area contributed by atoms with Gasteiger partial charge in [0.15, 0.2) is 0 Å². The van der Waals surface area contributed by atoms with E-state index < -0.39 is 0 Å². The van der Waals surface area contributed by atoms with Crippen LogP contribution in [0.2, 0.25) is 0 Å². The lowest BCUT2D eigenvalue weighted by atomic mass is 10.1. The summed E-state index contributed by atoms with van der Waals surface area (Å²) < 4.78 is 11.9. The lowest BCUT2D eigenvalue weighted by molar-refractivity contribution is 0.111. The van der Waals surface area contributed by atoms with Crippen LogP contribution in [0.5, 0.6) is 5.75 Å². The topological polar surface area (TPSA) is 56.5 Å². The first-order valence-corrected chi connectivity index (χ1v) is 6.86. The molecule has 1 atom stereocenters. The molecular formula is C13H21BrN2O2. The molecule has 0 fully saturated rings. The van der Waals surface area contributed by atoms with Crippen molar-refractivity contribution in [1.29, 1.82) is 0 Å². The van der Waals surface area contributed by atoms with Crippen LogP contribution in [0.25, 0.3) is 0 Å². The molecule has 0 heterocycles. The van der Waals surface area contributed by atoms with E-state index in [1.54, 1.807) is 7.11 Å². The van der Waals surface area contributed by atoms with E-state index in [2.05, 4.69) is 28.3 Å². The van der Waals surface area contributed by atoms with Crippen LogP contribution in [0.15, 0.2) is 22.7 Å². The molecule has 0 saturated heterocycles. The number of nitrogens with two attached hydrogens (primary N) is 1. The van der Waals surface area contributed by atoms with Crippen molar-refractivity contribution in [2.45, 2.75) is 25.8 Å². The van der Waals surface area contributed by atoms with Crippen molar-refractivity contribution in [3.05, 3.63) is 28.2 Å². The van der Waals surface area contributed by atoms with E-state index in [9.17, 15) is 0 Å².